The maximum Gasteiger partial charge on any atom is 0.262 e. The number of aryl methyl sites for hydroxylation is 1. The van der Waals surface area contributed by atoms with Crippen molar-refractivity contribution in [2.24, 2.45) is 0 Å². The molecule has 0 unspecified atom stereocenters. The van der Waals surface area contributed by atoms with Crippen LogP contribution in [0.1, 0.15) is 12.0 Å². The van der Waals surface area contributed by atoms with Crippen LogP contribution in [0.2, 0.25) is 0 Å². The summed E-state index contributed by atoms with van der Waals surface area (Å²) in [6, 6.07) is 14.8. The summed E-state index contributed by atoms with van der Waals surface area (Å²) in [4.78, 5) is 23.4. The first-order valence-corrected chi connectivity index (χ1v) is 7.12. The van der Waals surface area contributed by atoms with E-state index in [4.69, 9.17) is 4.74 Å². The lowest BCUT2D eigenvalue weighted by Gasteiger charge is -2.20. The summed E-state index contributed by atoms with van der Waals surface area (Å²) in [7, 11) is 0. The number of hydrogen-bond acceptors (Lipinski definition) is 3. The molecule has 0 atom stereocenters. The standard InChI is InChI=1S/C17H16N2O3/c20-15-10-9-12-5-4-8-14(17(12)19-15)22-11-16(21)18-13-6-2-1-3-7-13/h1-8H,9-11H2,(H,18,21)(H,19,20). The molecule has 1 aliphatic heterocycles. The second-order valence-corrected chi connectivity index (χ2v) is 5.04. The molecular formula is C17H16N2O3. The molecular weight excluding hydrogens is 280 g/mol. The number of ether oxygens (including phenoxy) is 1. The topological polar surface area (TPSA) is 67.4 Å². The first-order valence-electron chi connectivity index (χ1n) is 7.12. The highest BCUT2D eigenvalue weighted by molar-refractivity contribution is 5.96. The molecule has 3 rings (SSSR count). The summed E-state index contributed by atoms with van der Waals surface area (Å²) in [5.41, 5.74) is 2.42. The molecule has 2 aromatic carbocycles. The Morgan fingerprint density at radius 2 is 1.91 bits per heavy atom. The van der Waals surface area contributed by atoms with Crippen LogP contribution in [0.3, 0.4) is 0 Å². The van der Waals surface area contributed by atoms with Crippen LogP contribution in [-0.4, -0.2) is 18.4 Å². The average molecular weight is 296 g/mol. The van der Waals surface area contributed by atoms with Crippen molar-refractivity contribution in [3.05, 3.63) is 54.1 Å². The molecule has 0 saturated carbocycles. The monoisotopic (exact) mass is 296 g/mol. The van der Waals surface area contributed by atoms with Crippen molar-refractivity contribution < 1.29 is 14.3 Å². The van der Waals surface area contributed by atoms with Gasteiger partial charge in [0, 0.05) is 12.1 Å². The molecule has 5 nitrogen and oxygen atoms in total. The van der Waals surface area contributed by atoms with Crippen molar-refractivity contribution in [1.82, 2.24) is 0 Å². The maximum atomic E-state index is 11.9. The van der Waals surface area contributed by atoms with E-state index in [2.05, 4.69) is 10.6 Å². The van der Waals surface area contributed by atoms with Crippen molar-refractivity contribution >= 4 is 23.2 Å². The van der Waals surface area contributed by atoms with Gasteiger partial charge in [-0.25, -0.2) is 0 Å². The highest BCUT2D eigenvalue weighted by Gasteiger charge is 2.18. The molecule has 0 saturated heterocycles. The smallest absolute Gasteiger partial charge is 0.262 e. The molecule has 0 fully saturated rings. The summed E-state index contributed by atoms with van der Waals surface area (Å²) < 4.78 is 5.56. The van der Waals surface area contributed by atoms with E-state index in [0.29, 0.717) is 24.3 Å². The molecule has 2 N–H and O–H groups in total. The Balaban J connectivity index is 1.64. The van der Waals surface area contributed by atoms with Gasteiger partial charge in [-0.05, 0) is 30.2 Å². The average Bonchev–Trinajstić information content (AvgIpc) is 2.54. The van der Waals surface area contributed by atoms with Crippen LogP contribution < -0.4 is 15.4 Å². The Hall–Kier alpha value is -2.82. The van der Waals surface area contributed by atoms with Crippen LogP contribution in [0.4, 0.5) is 11.4 Å². The van der Waals surface area contributed by atoms with Gasteiger partial charge in [0.25, 0.3) is 5.91 Å². The van der Waals surface area contributed by atoms with E-state index < -0.39 is 0 Å². The number of para-hydroxylation sites is 2. The molecule has 22 heavy (non-hydrogen) atoms. The van der Waals surface area contributed by atoms with Gasteiger partial charge >= 0.3 is 0 Å². The van der Waals surface area contributed by atoms with Crippen LogP contribution in [-0.2, 0) is 16.0 Å². The molecule has 0 spiro atoms. The number of anilines is 2. The van der Waals surface area contributed by atoms with Gasteiger partial charge in [0.05, 0.1) is 5.69 Å². The number of fused-ring (bicyclic) bond motifs is 1. The van der Waals surface area contributed by atoms with Crippen LogP contribution in [0.25, 0.3) is 0 Å². The molecule has 0 radical (unpaired) electrons. The number of carbonyl (C=O) groups excluding carboxylic acids is 2. The van der Waals surface area contributed by atoms with Crippen LogP contribution in [0.5, 0.6) is 5.75 Å². The number of amides is 2. The van der Waals surface area contributed by atoms with E-state index in [1.807, 2.05) is 42.5 Å². The maximum absolute atomic E-state index is 11.9. The van der Waals surface area contributed by atoms with E-state index in [9.17, 15) is 9.59 Å². The first-order chi connectivity index (χ1) is 10.7. The third kappa shape index (κ3) is 3.25. The number of hydrogen-bond donors (Lipinski definition) is 2. The van der Waals surface area contributed by atoms with Gasteiger partial charge in [0.1, 0.15) is 5.75 Å². The first kappa shape index (κ1) is 14.1. The molecule has 2 aromatic rings. The van der Waals surface area contributed by atoms with Crippen LogP contribution in [0, 0.1) is 0 Å². The third-order valence-electron chi connectivity index (χ3n) is 3.41. The summed E-state index contributed by atoms with van der Waals surface area (Å²) in [5.74, 6) is 0.247. The van der Waals surface area contributed by atoms with E-state index in [0.717, 1.165) is 11.3 Å². The van der Waals surface area contributed by atoms with Gasteiger partial charge in [-0.2, -0.15) is 0 Å². The lowest BCUT2D eigenvalue weighted by atomic mass is 10.0. The highest BCUT2D eigenvalue weighted by atomic mass is 16.5. The minimum Gasteiger partial charge on any atom is -0.482 e. The van der Waals surface area contributed by atoms with Gasteiger partial charge in [-0.3, -0.25) is 9.59 Å². The van der Waals surface area contributed by atoms with E-state index >= 15 is 0 Å². The van der Waals surface area contributed by atoms with Crippen molar-refractivity contribution in [3.63, 3.8) is 0 Å². The van der Waals surface area contributed by atoms with Crippen LogP contribution >= 0.6 is 0 Å². The Morgan fingerprint density at radius 1 is 1.09 bits per heavy atom. The fraction of sp³-hybridized carbons (Fsp3) is 0.176. The number of rotatable bonds is 4. The molecule has 2 amide bonds. The molecule has 112 valence electrons. The van der Waals surface area contributed by atoms with Gasteiger partial charge in [-0.15, -0.1) is 0 Å². The van der Waals surface area contributed by atoms with Gasteiger partial charge < -0.3 is 15.4 Å². The van der Waals surface area contributed by atoms with Crippen molar-refractivity contribution in [1.29, 1.82) is 0 Å². The Morgan fingerprint density at radius 3 is 2.73 bits per heavy atom. The Labute approximate surface area is 128 Å². The number of benzene rings is 2. The minimum atomic E-state index is -0.245. The fourth-order valence-electron chi connectivity index (χ4n) is 2.36. The highest BCUT2D eigenvalue weighted by Crippen LogP contribution is 2.32. The molecule has 5 heteroatoms. The lowest BCUT2D eigenvalue weighted by molar-refractivity contribution is -0.118. The second-order valence-electron chi connectivity index (χ2n) is 5.04. The number of nitrogens with one attached hydrogen (secondary N) is 2. The molecule has 0 bridgehead atoms. The zero-order chi connectivity index (χ0) is 15.4. The summed E-state index contributed by atoms with van der Waals surface area (Å²) in [5, 5.41) is 5.56. The predicted molar refractivity (Wildman–Crippen MR) is 84.0 cm³/mol. The fourth-order valence-corrected chi connectivity index (χ4v) is 2.36. The van der Waals surface area contributed by atoms with Crippen LogP contribution in [0.15, 0.2) is 48.5 Å². The number of carbonyl (C=O) groups is 2. The van der Waals surface area contributed by atoms with Crippen molar-refractivity contribution in [2.75, 3.05) is 17.2 Å². The largest absolute Gasteiger partial charge is 0.482 e. The Kier molecular flexibility index (Phi) is 4.05. The van der Waals surface area contributed by atoms with Gasteiger partial charge in [0.2, 0.25) is 5.91 Å². The normalized spacial score (nSPS) is 13.0. The SMILES string of the molecule is O=C(COc1cccc2c1NC(=O)CC2)Nc1ccccc1. The third-order valence-corrected chi connectivity index (χ3v) is 3.41. The van der Waals surface area contributed by atoms with Gasteiger partial charge in [0.15, 0.2) is 6.61 Å². The van der Waals surface area contributed by atoms with Crippen molar-refractivity contribution in [3.8, 4) is 5.75 Å². The predicted octanol–water partition coefficient (Wildman–Crippen LogP) is 2.59. The quantitative estimate of drug-likeness (QED) is 0.911. The van der Waals surface area contributed by atoms with E-state index in [1.54, 1.807) is 6.07 Å². The minimum absolute atomic E-state index is 0.0303. The van der Waals surface area contributed by atoms with E-state index in [1.165, 1.54) is 0 Å². The van der Waals surface area contributed by atoms with Gasteiger partial charge in [-0.1, -0.05) is 30.3 Å². The summed E-state index contributed by atoms with van der Waals surface area (Å²) >= 11 is 0. The molecule has 0 aliphatic carbocycles. The summed E-state index contributed by atoms with van der Waals surface area (Å²) in [6.45, 7) is -0.110. The Bertz CT molecular complexity index is 698. The summed E-state index contributed by atoms with van der Waals surface area (Å²) in [6.07, 6.45) is 1.17. The molecule has 0 aromatic heterocycles. The lowest BCUT2D eigenvalue weighted by Crippen LogP contribution is -2.23. The zero-order valence-corrected chi connectivity index (χ0v) is 12.0. The van der Waals surface area contributed by atoms with Crippen molar-refractivity contribution in [2.45, 2.75) is 12.8 Å². The second kappa shape index (κ2) is 6.30. The molecule has 1 aliphatic rings. The van der Waals surface area contributed by atoms with E-state index in [-0.39, 0.29) is 18.4 Å². The zero-order valence-electron chi connectivity index (χ0n) is 12.0. The molecule has 1 heterocycles.